The molecule has 0 aliphatic carbocycles. The summed E-state index contributed by atoms with van der Waals surface area (Å²) in [7, 11) is 0. The number of aliphatic hydroxyl groups is 1. The van der Waals surface area contributed by atoms with Gasteiger partial charge >= 0.3 is 6.09 Å². The predicted octanol–water partition coefficient (Wildman–Crippen LogP) is 3.45. The van der Waals surface area contributed by atoms with Crippen LogP contribution in [0.4, 0.5) is 4.79 Å². The minimum atomic E-state index is -0.943. The molecule has 2 heterocycles. The summed E-state index contributed by atoms with van der Waals surface area (Å²) in [5, 5.41) is 12.1. The monoisotopic (exact) mass is 328 g/mol. The molecule has 2 aromatic rings. The molecule has 1 amide bonds. The standard InChI is InChI=1S/C19H24N2O3/c1-18(2,3)24-17(22)21-12-9-19(23,10-13-21)15-8-11-20-16-7-5-4-6-14(15)16/h4-8,11,23H,9-10,12-13H2,1-3H3. The molecule has 0 radical (unpaired) electrons. The molecule has 0 spiro atoms. The van der Waals surface area contributed by atoms with Crippen molar-refractivity contribution in [3.05, 3.63) is 42.1 Å². The molecule has 1 aromatic heterocycles. The number of hydrogen-bond donors (Lipinski definition) is 1. The van der Waals surface area contributed by atoms with Crippen LogP contribution in [0.25, 0.3) is 10.9 Å². The highest BCUT2D eigenvalue weighted by Crippen LogP contribution is 2.36. The Bertz CT molecular complexity index is 738. The Morgan fingerprint density at radius 3 is 2.54 bits per heavy atom. The molecule has 0 saturated carbocycles. The SMILES string of the molecule is CC(C)(C)OC(=O)N1CCC(O)(c2ccnc3ccccc23)CC1. The Morgan fingerprint density at radius 2 is 1.88 bits per heavy atom. The van der Waals surface area contributed by atoms with Crippen molar-refractivity contribution in [3.8, 4) is 0 Å². The molecule has 0 atom stereocenters. The zero-order valence-corrected chi connectivity index (χ0v) is 14.5. The molecule has 24 heavy (non-hydrogen) atoms. The predicted molar refractivity (Wildman–Crippen MR) is 92.7 cm³/mol. The van der Waals surface area contributed by atoms with E-state index < -0.39 is 11.2 Å². The Morgan fingerprint density at radius 1 is 1.21 bits per heavy atom. The van der Waals surface area contributed by atoms with Gasteiger partial charge in [0, 0.05) is 24.7 Å². The fourth-order valence-corrected chi connectivity index (χ4v) is 3.16. The molecule has 3 rings (SSSR count). The summed E-state index contributed by atoms with van der Waals surface area (Å²) in [6, 6.07) is 9.69. The van der Waals surface area contributed by atoms with Crippen LogP contribution in [0.3, 0.4) is 0 Å². The third kappa shape index (κ3) is 3.36. The minimum absolute atomic E-state index is 0.316. The number of piperidine rings is 1. The largest absolute Gasteiger partial charge is 0.444 e. The van der Waals surface area contributed by atoms with Gasteiger partial charge in [-0.25, -0.2) is 4.79 Å². The third-order valence-corrected chi connectivity index (χ3v) is 4.39. The van der Waals surface area contributed by atoms with Crippen molar-refractivity contribution >= 4 is 17.0 Å². The molecule has 1 saturated heterocycles. The lowest BCUT2D eigenvalue weighted by Gasteiger charge is -2.39. The maximum absolute atomic E-state index is 12.2. The molecule has 0 bridgehead atoms. The highest BCUT2D eigenvalue weighted by molar-refractivity contribution is 5.82. The van der Waals surface area contributed by atoms with Crippen LogP contribution >= 0.6 is 0 Å². The zero-order valence-electron chi connectivity index (χ0n) is 14.5. The number of para-hydroxylation sites is 1. The number of hydrogen-bond acceptors (Lipinski definition) is 4. The fraction of sp³-hybridized carbons (Fsp3) is 0.474. The van der Waals surface area contributed by atoms with E-state index in [4.69, 9.17) is 4.74 Å². The molecule has 1 fully saturated rings. The van der Waals surface area contributed by atoms with Gasteiger partial charge in [0.1, 0.15) is 5.60 Å². The van der Waals surface area contributed by atoms with E-state index in [9.17, 15) is 9.90 Å². The number of nitrogens with zero attached hydrogens (tertiary/aromatic N) is 2. The number of pyridine rings is 1. The number of benzene rings is 1. The quantitative estimate of drug-likeness (QED) is 0.871. The molecule has 5 heteroatoms. The smallest absolute Gasteiger partial charge is 0.410 e. The van der Waals surface area contributed by atoms with E-state index in [2.05, 4.69) is 4.98 Å². The number of rotatable bonds is 1. The summed E-state index contributed by atoms with van der Waals surface area (Å²) in [5.41, 5.74) is 0.308. The number of aromatic nitrogens is 1. The second-order valence-electron chi connectivity index (χ2n) is 7.37. The van der Waals surface area contributed by atoms with Crippen molar-refractivity contribution in [1.29, 1.82) is 0 Å². The normalized spacial score (nSPS) is 17.8. The van der Waals surface area contributed by atoms with E-state index in [0.717, 1.165) is 16.5 Å². The first-order chi connectivity index (χ1) is 11.3. The van der Waals surface area contributed by atoms with Crippen LogP contribution in [-0.2, 0) is 10.3 Å². The third-order valence-electron chi connectivity index (χ3n) is 4.39. The van der Waals surface area contributed by atoms with Gasteiger partial charge < -0.3 is 14.7 Å². The maximum atomic E-state index is 12.2. The van der Waals surface area contributed by atoms with Gasteiger partial charge in [-0.05, 0) is 51.3 Å². The lowest BCUT2D eigenvalue weighted by atomic mass is 9.83. The van der Waals surface area contributed by atoms with Gasteiger partial charge in [0.15, 0.2) is 0 Å². The van der Waals surface area contributed by atoms with Crippen LogP contribution in [0, 0.1) is 0 Å². The van der Waals surface area contributed by atoms with Crippen LogP contribution in [0.2, 0.25) is 0 Å². The first-order valence-corrected chi connectivity index (χ1v) is 8.33. The van der Waals surface area contributed by atoms with Crippen LogP contribution in [-0.4, -0.2) is 39.8 Å². The van der Waals surface area contributed by atoms with Crippen molar-refractivity contribution in [2.75, 3.05) is 13.1 Å². The lowest BCUT2D eigenvalue weighted by Crippen LogP contribution is -2.46. The Labute approximate surface area is 142 Å². The highest BCUT2D eigenvalue weighted by atomic mass is 16.6. The summed E-state index contributed by atoms with van der Waals surface area (Å²) in [5.74, 6) is 0. The van der Waals surface area contributed by atoms with E-state index >= 15 is 0 Å². The Kier molecular flexibility index (Phi) is 4.22. The van der Waals surface area contributed by atoms with Gasteiger partial charge in [-0.1, -0.05) is 18.2 Å². The highest BCUT2D eigenvalue weighted by Gasteiger charge is 2.37. The topological polar surface area (TPSA) is 62.7 Å². The average molecular weight is 328 g/mol. The number of fused-ring (bicyclic) bond motifs is 1. The van der Waals surface area contributed by atoms with Crippen LogP contribution in [0.1, 0.15) is 39.2 Å². The van der Waals surface area contributed by atoms with Gasteiger partial charge in [-0.2, -0.15) is 0 Å². The summed E-state index contributed by atoms with van der Waals surface area (Å²) in [6.07, 6.45) is 2.39. The first-order valence-electron chi connectivity index (χ1n) is 8.33. The molecule has 1 aromatic carbocycles. The average Bonchev–Trinajstić information content (AvgIpc) is 2.53. The fourth-order valence-electron chi connectivity index (χ4n) is 3.16. The number of likely N-dealkylation sites (tertiary alicyclic amines) is 1. The van der Waals surface area contributed by atoms with E-state index in [1.807, 2.05) is 51.1 Å². The Balaban J connectivity index is 1.78. The van der Waals surface area contributed by atoms with Crippen molar-refractivity contribution in [1.82, 2.24) is 9.88 Å². The van der Waals surface area contributed by atoms with Crippen molar-refractivity contribution in [3.63, 3.8) is 0 Å². The van der Waals surface area contributed by atoms with E-state index in [-0.39, 0.29) is 6.09 Å². The molecular formula is C19H24N2O3. The Hall–Kier alpha value is -2.14. The van der Waals surface area contributed by atoms with Gasteiger partial charge in [-0.3, -0.25) is 4.98 Å². The summed E-state index contributed by atoms with van der Waals surface area (Å²) in [6.45, 7) is 6.51. The van der Waals surface area contributed by atoms with Crippen LogP contribution in [0.15, 0.2) is 36.5 Å². The van der Waals surface area contributed by atoms with E-state index in [1.165, 1.54) is 0 Å². The van der Waals surface area contributed by atoms with Crippen LogP contribution in [0.5, 0.6) is 0 Å². The van der Waals surface area contributed by atoms with Crippen LogP contribution < -0.4 is 0 Å². The van der Waals surface area contributed by atoms with Crippen molar-refractivity contribution in [2.24, 2.45) is 0 Å². The molecule has 1 N–H and O–H groups in total. The molecule has 1 aliphatic heterocycles. The molecule has 5 nitrogen and oxygen atoms in total. The summed E-state index contributed by atoms with van der Waals surface area (Å²) in [4.78, 5) is 18.2. The minimum Gasteiger partial charge on any atom is -0.444 e. The number of carbonyl (C=O) groups is 1. The molecular weight excluding hydrogens is 304 g/mol. The lowest BCUT2D eigenvalue weighted by molar-refractivity contribution is -0.0348. The van der Waals surface area contributed by atoms with Gasteiger partial charge in [0.2, 0.25) is 0 Å². The van der Waals surface area contributed by atoms with Gasteiger partial charge in [-0.15, -0.1) is 0 Å². The summed E-state index contributed by atoms with van der Waals surface area (Å²) < 4.78 is 5.42. The number of amides is 1. The second-order valence-corrected chi connectivity index (χ2v) is 7.37. The summed E-state index contributed by atoms with van der Waals surface area (Å²) >= 11 is 0. The molecule has 0 unspecified atom stereocenters. The van der Waals surface area contributed by atoms with Crippen molar-refractivity contribution < 1.29 is 14.6 Å². The molecule has 1 aliphatic rings. The first kappa shape index (κ1) is 16.7. The van der Waals surface area contributed by atoms with Gasteiger partial charge in [0.05, 0.1) is 11.1 Å². The maximum Gasteiger partial charge on any atom is 0.410 e. The zero-order chi connectivity index (χ0) is 17.4. The van der Waals surface area contributed by atoms with Gasteiger partial charge in [0.25, 0.3) is 0 Å². The number of ether oxygens (including phenoxy) is 1. The van der Waals surface area contributed by atoms with E-state index in [0.29, 0.717) is 25.9 Å². The second kappa shape index (κ2) is 6.06. The van der Waals surface area contributed by atoms with Crippen molar-refractivity contribution in [2.45, 2.75) is 44.8 Å². The number of carbonyl (C=O) groups excluding carboxylic acids is 1. The molecule has 128 valence electrons. The van der Waals surface area contributed by atoms with E-state index in [1.54, 1.807) is 11.1 Å².